The molecule has 0 radical (unpaired) electrons. The van der Waals surface area contributed by atoms with E-state index in [4.69, 9.17) is 16.3 Å². The van der Waals surface area contributed by atoms with Crippen LogP contribution in [0.15, 0.2) is 60.8 Å². The molecule has 0 spiro atoms. The molecule has 0 aliphatic carbocycles. The standard InChI is InChI=1S/C24H21ClF3N5O2/c1-15-22(16(2)32(31-15)13-17-6-5-7-18(12-17)24(26,27)28)30-23(34)20-10-11-29-33(20)14-35-21-9-4-3-8-19(21)25/h3-12H,13-14H2,1-2H3,(H,30,34). The Morgan fingerprint density at radius 1 is 1.09 bits per heavy atom. The van der Waals surface area contributed by atoms with E-state index in [0.717, 1.165) is 12.1 Å². The lowest BCUT2D eigenvalue weighted by atomic mass is 10.1. The van der Waals surface area contributed by atoms with E-state index in [-0.39, 0.29) is 19.0 Å². The van der Waals surface area contributed by atoms with Crippen LogP contribution >= 0.6 is 11.6 Å². The van der Waals surface area contributed by atoms with Crippen LogP contribution in [-0.4, -0.2) is 25.5 Å². The maximum atomic E-state index is 13.0. The van der Waals surface area contributed by atoms with Crippen LogP contribution < -0.4 is 10.1 Å². The Bertz CT molecular complexity index is 1360. The van der Waals surface area contributed by atoms with Gasteiger partial charge in [0.2, 0.25) is 0 Å². The van der Waals surface area contributed by atoms with Gasteiger partial charge in [-0.1, -0.05) is 35.9 Å². The molecule has 4 rings (SSSR count). The van der Waals surface area contributed by atoms with Crippen molar-refractivity contribution in [3.05, 3.63) is 94.0 Å². The molecule has 1 amide bonds. The van der Waals surface area contributed by atoms with Gasteiger partial charge in [0.1, 0.15) is 11.4 Å². The molecule has 7 nitrogen and oxygen atoms in total. The number of ether oxygens (including phenoxy) is 1. The predicted octanol–water partition coefficient (Wildman–Crippen LogP) is 5.71. The third kappa shape index (κ3) is 5.48. The van der Waals surface area contributed by atoms with Crippen LogP contribution in [0.5, 0.6) is 5.75 Å². The lowest BCUT2D eigenvalue weighted by Gasteiger charge is -2.12. The molecule has 0 fully saturated rings. The number of nitrogens with zero attached hydrogens (tertiary/aromatic N) is 4. The third-order valence-corrected chi connectivity index (χ3v) is 5.65. The summed E-state index contributed by atoms with van der Waals surface area (Å²) in [7, 11) is 0. The number of hydrogen-bond donors (Lipinski definition) is 1. The molecule has 1 N–H and O–H groups in total. The first-order chi connectivity index (χ1) is 16.6. The summed E-state index contributed by atoms with van der Waals surface area (Å²) < 4.78 is 47.7. The number of para-hydroxylation sites is 1. The lowest BCUT2D eigenvalue weighted by Crippen LogP contribution is -2.20. The Kier molecular flexibility index (Phi) is 6.83. The Morgan fingerprint density at radius 2 is 1.86 bits per heavy atom. The van der Waals surface area contributed by atoms with Crippen LogP contribution in [0, 0.1) is 13.8 Å². The van der Waals surface area contributed by atoms with Crippen LogP contribution in [0.25, 0.3) is 0 Å². The minimum absolute atomic E-state index is 0.0355. The smallest absolute Gasteiger partial charge is 0.416 e. The van der Waals surface area contributed by atoms with E-state index in [1.165, 1.54) is 16.9 Å². The molecule has 2 heterocycles. The Balaban J connectivity index is 1.49. The summed E-state index contributed by atoms with van der Waals surface area (Å²) in [6, 6.07) is 13.6. The SMILES string of the molecule is Cc1nn(Cc2cccc(C(F)(F)F)c2)c(C)c1NC(=O)c1ccnn1COc1ccccc1Cl. The van der Waals surface area contributed by atoms with Gasteiger partial charge in [-0.15, -0.1) is 0 Å². The quantitative estimate of drug-likeness (QED) is 0.351. The summed E-state index contributed by atoms with van der Waals surface area (Å²) in [6.07, 6.45) is -2.95. The molecule has 11 heteroatoms. The van der Waals surface area contributed by atoms with Crippen molar-refractivity contribution >= 4 is 23.2 Å². The zero-order valence-corrected chi connectivity index (χ0v) is 19.6. The molecule has 182 valence electrons. The number of benzene rings is 2. The first-order valence-corrected chi connectivity index (χ1v) is 10.9. The molecule has 2 aromatic heterocycles. The monoisotopic (exact) mass is 503 g/mol. The zero-order chi connectivity index (χ0) is 25.2. The molecule has 0 aliphatic rings. The second-order valence-electron chi connectivity index (χ2n) is 7.78. The highest BCUT2D eigenvalue weighted by Crippen LogP contribution is 2.30. The van der Waals surface area contributed by atoms with Crippen molar-refractivity contribution in [3.63, 3.8) is 0 Å². The first kappa shape index (κ1) is 24.3. The minimum Gasteiger partial charge on any atom is -0.470 e. The van der Waals surface area contributed by atoms with Gasteiger partial charge in [-0.25, -0.2) is 4.68 Å². The van der Waals surface area contributed by atoms with Crippen molar-refractivity contribution in [2.24, 2.45) is 0 Å². The zero-order valence-electron chi connectivity index (χ0n) is 18.8. The molecule has 35 heavy (non-hydrogen) atoms. The predicted molar refractivity (Wildman–Crippen MR) is 125 cm³/mol. The van der Waals surface area contributed by atoms with Crippen LogP contribution in [-0.2, 0) is 19.5 Å². The van der Waals surface area contributed by atoms with Crippen molar-refractivity contribution in [3.8, 4) is 5.75 Å². The molecule has 0 atom stereocenters. The Morgan fingerprint density at radius 3 is 2.60 bits per heavy atom. The molecular weight excluding hydrogens is 483 g/mol. The first-order valence-electron chi connectivity index (χ1n) is 10.5. The van der Waals surface area contributed by atoms with Gasteiger partial charge in [0.25, 0.3) is 5.91 Å². The Hall–Kier alpha value is -3.79. The van der Waals surface area contributed by atoms with Crippen molar-refractivity contribution in [1.29, 1.82) is 0 Å². The van der Waals surface area contributed by atoms with Gasteiger partial charge < -0.3 is 10.1 Å². The van der Waals surface area contributed by atoms with E-state index in [1.54, 1.807) is 54.9 Å². The highest BCUT2D eigenvalue weighted by Gasteiger charge is 2.30. The van der Waals surface area contributed by atoms with Crippen molar-refractivity contribution in [2.75, 3.05) is 5.32 Å². The van der Waals surface area contributed by atoms with Gasteiger partial charge >= 0.3 is 6.18 Å². The van der Waals surface area contributed by atoms with Crippen LogP contribution in [0.3, 0.4) is 0 Å². The van der Waals surface area contributed by atoms with Crippen LogP contribution in [0.2, 0.25) is 5.02 Å². The van der Waals surface area contributed by atoms with E-state index in [9.17, 15) is 18.0 Å². The van der Waals surface area contributed by atoms with Gasteiger partial charge in [0, 0.05) is 6.20 Å². The average molecular weight is 504 g/mol. The largest absolute Gasteiger partial charge is 0.470 e. The highest BCUT2D eigenvalue weighted by atomic mass is 35.5. The number of nitrogens with one attached hydrogen (secondary N) is 1. The van der Waals surface area contributed by atoms with Gasteiger partial charge in [-0.05, 0) is 49.7 Å². The Labute approximate surface area is 204 Å². The molecule has 0 saturated heterocycles. The normalized spacial score (nSPS) is 11.5. The fourth-order valence-electron chi connectivity index (χ4n) is 3.55. The number of alkyl halides is 3. The molecule has 4 aromatic rings. The van der Waals surface area contributed by atoms with E-state index in [1.807, 2.05) is 0 Å². The van der Waals surface area contributed by atoms with Gasteiger partial charge in [-0.3, -0.25) is 9.48 Å². The lowest BCUT2D eigenvalue weighted by molar-refractivity contribution is -0.137. The number of rotatable bonds is 7. The van der Waals surface area contributed by atoms with Crippen LogP contribution in [0.4, 0.5) is 18.9 Å². The van der Waals surface area contributed by atoms with Gasteiger partial charge in [0.15, 0.2) is 6.73 Å². The molecule has 2 aromatic carbocycles. The topological polar surface area (TPSA) is 74.0 Å². The fraction of sp³-hybridized carbons (Fsp3) is 0.208. The van der Waals surface area contributed by atoms with E-state index in [2.05, 4.69) is 15.5 Å². The molecular formula is C24H21ClF3N5O2. The maximum Gasteiger partial charge on any atom is 0.416 e. The van der Waals surface area contributed by atoms with Crippen LogP contribution in [0.1, 0.15) is 33.0 Å². The summed E-state index contributed by atoms with van der Waals surface area (Å²) in [5, 5.41) is 11.8. The summed E-state index contributed by atoms with van der Waals surface area (Å²) in [5.41, 5.74) is 1.58. The van der Waals surface area contributed by atoms with E-state index in [0.29, 0.717) is 33.4 Å². The van der Waals surface area contributed by atoms with E-state index >= 15 is 0 Å². The number of carbonyl (C=O) groups is 1. The fourth-order valence-corrected chi connectivity index (χ4v) is 3.74. The summed E-state index contributed by atoms with van der Waals surface area (Å²) in [6.45, 7) is 3.53. The molecule has 0 aliphatic heterocycles. The van der Waals surface area contributed by atoms with E-state index < -0.39 is 17.6 Å². The number of aromatic nitrogens is 4. The minimum atomic E-state index is -4.43. The summed E-state index contributed by atoms with van der Waals surface area (Å²) in [4.78, 5) is 13.0. The number of halogens is 4. The number of aryl methyl sites for hydroxylation is 1. The second-order valence-corrected chi connectivity index (χ2v) is 8.18. The number of anilines is 1. The number of hydrogen-bond acceptors (Lipinski definition) is 4. The molecule has 0 bridgehead atoms. The van der Waals surface area contributed by atoms with Crippen molar-refractivity contribution < 1.29 is 22.7 Å². The van der Waals surface area contributed by atoms with Crippen molar-refractivity contribution in [1.82, 2.24) is 19.6 Å². The van der Waals surface area contributed by atoms with Gasteiger partial charge in [-0.2, -0.15) is 23.4 Å². The highest BCUT2D eigenvalue weighted by molar-refractivity contribution is 6.32. The summed E-state index contributed by atoms with van der Waals surface area (Å²) in [5.74, 6) is 0.0219. The molecule has 0 unspecified atom stereocenters. The molecule has 0 saturated carbocycles. The third-order valence-electron chi connectivity index (χ3n) is 5.33. The second kappa shape index (κ2) is 9.83. The maximum absolute atomic E-state index is 13.0. The number of amides is 1. The van der Waals surface area contributed by atoms with Crippen molar-refractivity contribution in [2.45, 2.75) is 33.3 Å². The number of carbonyl (C=O) groups excluding carboxylic acids is 1. The average Bonchev–Trinajstić information content (AvgIpc) is 3.38. The van der Waals surface area contributed by atoms with Gasteiger partial charge in [0.05, 0.1) is 34.2 Å². The summed E-state index contributed by atoms with van der Waals surface area (Å²) >= 11 is 6.10.